The topological polar surface area (TPSA) is 29.5 Å². The van der Waals surface area contributed by atoms with Gasteiger partial charge in [-0.1, -0.05) is 0 Å². The third-order valence-electron chi connectivity index (χ3n) is 2.28. The Balaban J connectivity index is 3.48. The molecule has 0 bridgehead atoms. The fourth-order valence-electron chi connectivity index (χ4n) is 1.52. The summed E-state index contributed by atoms with van der Waals surface area (Å²) in [6.07, 6.45) is 0. The lowest BCUT2D eigenvalue weighted by Gasteiger charge is -2.21. The van der Waals surface area contributed by atoms with E-state index < -0.39 is 23.0 Å². The molecular weight excluding hydrogens is 202 g/mol. The van der Waals surface area contributed by atoms with Gasteiger partial charge in [-0.05, 0) is 38.0 Å². The first-order valence-electron chi connectivity index (χ1n) is 4.54. The number of ether oxygens (including phenoxy) is 1. The highest BCUT2D eigenvalue weighted by Crippen LogP contribution is 2.32. The Hall–Kier alpha value is -1.16. The smallest absolute Gasteiger partial charge is 0.190 e. The van der Waals surface area contributed by atoms with E-state index in [4.69, 9.17) is 0 Å². The fourth-order valence-corrected chi connectivity index (χ4v) is 1.52. The van der Waals surface area contributed by atoms with E-state index in [0.29, 0.717) is 0 Å². The number of methoxy groups -OCH3 is 1. The van der Waals surface area contributed by atoms with Crippen LogP contribution >= 0.6 is 0 Å². The van der Waals surface area contributed by atoms with Gasteiger partial charge in [0.2, 0.25) is 0 Å². The molecule has 0 atom stereocenters. The van der Waals surface area contributed by atoms with Gasteiger partial charge in [-0.2, -0.15) is 0 Å². The molecule has 0 aromatic heterocycles. The lowest BCUT2D eigenvalue weighted by atomic mass is 9.93. The van der Waals surface area contributed by atoms with Crippen molar-refractivity contribution in [2.45, 2.75) is 26.4 Å². The van der Waals surface area contributed by atoms with Crippen LogP contribution in [0.4, 0.5) is 8.78 Å². The summed E-state index contributed by atoms with van der Waals surface area (Å²) in [5.41, 5.74) is -0.864. The van der Waals surface area contributed by atoms with Crippen LogP contribution in [0.15, 0.2) is 6.07 Å². The molecule has 0 aliphatic carbocycles. The highest BCUT2D eigenvalue weighted by molar-refractivity contribution is 5.40. The second-order valence-electron chi connectivity index (χ2n) is 3.94. The van der Waals surface area contributed by atoms with Gasteiger partial charge < -0.3 is 9.84 Å². The maximum absolute atomic E-state index is 13.6. The number of hydrogen-bond acceptors (Lipinski definition) is 2. The van der Waals surface area contributed by atoms with Crippen LogP contribution in [0.5, 0.6) is 5.75 Å². The molecule has 0 aliphatic rings. The van der Waals surface area contributed by atoms with E-state index in [1.807, 2.05) is 0 Å². The van der Waals surface area contributed by atoms with Gasteiger partial charge in [0, 0.05) is 0 Å². The van der Waals surface area contributed by atoms with Crippen LogP contribution in [0.1, 0.15) is 25.0 Å². The average Bonchev–Trinajstić information content (AvgIpc) is 2.10. The van der Waals surface area contributed by atoms with Crippen LogP contribution in [-0.4, -0.2) is 12.2 Å². The van der Waals surface area contributed by atoms with Crippen molar-refractivity contribution in [3.05, 3.63) is 28.8 Å². The van der Waals surface area contributed by atoms with Crippen LogP contribution in [-0.2, 0) is 5.60 Å². The molecule has 0 saturated carbocycles. The van der Waals surface area contributed by atoms with E-state index in [2.05, 4.69) is 4.74 Å². The zero-order valence-corrected chi connectivity index (χ0v) is 9.19. The van der Waals surface area contributed by atoms with E-state index in [-0.39, 0.29) is 11.1 Å². The molecule has 84 valence electrons. The van der Waals surface area contributed by atoms with Crippen LogP contribution in [0, 0.1) is 18.6 Å². The summed E-state index contributed by atoms with van der Waals surface area (Å²) in [7, 11) is 1.20. The van der Waals surface area contributed by atoms with E-state index in [1.165, 1.54) is 27.9 Å². The van der Waals surface area contributed by atoms with Gasteiger partial charge in [0.05, 0.1) is 12.7 Å². The summed E-state index contributed by atoms with van der Waals surface area (Å²) in [4.78, 5) is 0. The Morgan fingerprint density at radius 3 is 2.27 bits per heavy atom. The van der Waals surface area contributed by atoms with Crippen LogP contribution in [0.2, 0.25) is 0 Å². The molecule has 1 N–H and O–H groups in total. The summed E-state index contributed by atoms with van der Waals surface area (Å²) < 4.78 is 31.5. The van der Waals surface area contributed by atoms with E-state index in [1.54, 1.807) is 0 Å². The van der Waals surface area contributed by atoms with Gasteiger partial charge >= 0.3 is 0 Å². The summed E-state index contributed by atoms with van der Waals surface area (Å²) in [6, 6.07) is 1.09. The Labute approximate surface area is 87.5 Å². The maximum atomic E-state index is 13.6. The summed E-state index contributed by atoms with van der Waals surface area (Å²) in [5.74, 6) is -1.99. The monoisotopic (exact) mass is 216 g/mol. The fraction of sp³-hybridized carbons (Fsp3) is 0.455. The third-order valence-corrected chi connectivity index (χ3v) is 2.28. The predicted molar refractivity (Wildman–Crippen MR) is 52.9 cm³/mol. The van der Waals surface area contributed by atoms with E-state index >= 15 is 0 Å². The molecule has 0 amide bonds. The molecule has 0 unspecified atom stereocenters. The first-order chi connectivity index (χ1) is 6.79. The minimum atomic E-state index is -1.28. The highest BCUT2D eigenvalue weighted by Gasteiger charge is 2.25. The van der Waals surface area contributed by atoms with Gasteiger partial charge in [0.1, 0.15) is 0 Å². The Morgan fingerprint density at radius 2 is 1.87 bits per heavy atom. The molecule has 2 nitrogen and oxygen atoms in total. The van der Waals surface area contributed by atoms with Crippen molar-refractivity contribution in [1.29, 1.82) is 0 Å². The second-order valence-corrected chi connectivity index (χ2v) is 3.94. The number of halogens is 2. The Bertz CT molecular complexity index is 381. The lowest BCUT2D eigenvalue weighted by Crippen LogP contribution is -2.18. The lowest BCUT2D eigenvalue weighted by molar-refractivity contribution is 0.0769. The number of aliphatic hydroxyl groups is 1. The standard InChI is InChI=1S/C11H14F2O2/c1-6-7(11(2,3)14)5-8(12)10(15-4)9(6)13/h5,14H,1-4H3. The summed E-state index contributed by atoms with van der Waals surface area (Å²) >= 11 is 0. The minimum absolute atomic E-state index is 0.195. The Morgan fingerprint density at radius 1 is 1.33 bits per heavy atom. The van der Waals surface area contributed by atoms with Crippen molar-refractivity contribution in [3.8, 4) is 5.75 Å². The van der Waals surface area contributed by atoms with Crippen molar-refractivity contribution in [2.75, 3.05) is 7.11 Å². The molecule has 0 radical (unpaired) electrons. The van der Waals surface area contributed by atoms with Gasteiger partial charge in [-0.3, -0.25) is 0 Å². The zero-order chi connectivity index (χ0) is 11.8. The first kappa shape index (κ1) is 11.9. The quantitative estimate of drug-likeness (QED) is 0.823. The average molecular weight is 216 g/mol. The minimum Gasteiger partial charge on any atom is -0.491 e. The predicted octanol–water partition coefficient (Wildman–Crippen LogP) is 2.51. The largest absolute Gasteiger partial charge is 0.491 e. The SMILES string of the molecule is COc1c(F)cc(C(C)(C)O)c(C)c1F. The van der Waals surface area contributed by atoms with Crippen LogP contribution in [0.25, 0.3) is 0 Å². The highest BCUT2D eigenvalue weighted by atomic mass is 19.1. The second kappa shape index (κ2) is 3.77. The van der Waals surface area contributed by atoms with Gasteiger partial charge in [-0.25, -0.2) is 8.78 Å². The molecule has 0 heterocycles. The number of hydrogen-bond donors (Lipinski definition) is 1. The molecular formula is C11H14F2O2. The van der Waals surface area contributed by atoms with Crippen LogP contribution < -0.4 is 4.74 Å². The maximum Gasteiger partial charge on any atom is 0.190 e. The summed E-state index contributed by atoms with van der Waals surface area (Å²) in [6.45, 7) is 4.42. The third kappa shape index (κ3) is 2.09. The first-order valence-corrected chi connectivity index (χ1v) is 4.54. The van der Waals surface area contributed by atoms with E-state index in [0.717, 1.165) is 6.07 Å². The van der Waals surface area contributed by atoms with Crippen molar-refractivity contribution in [1.82, 2.24) is 0 Å². The molecule has 0 spiro atoms. The molecule has 0 aliphatic heterocycles. The number of rotatable bonds is 2. The molecule has 1 rings (SSSR count). The summed E-state index contributed by atoms with van der Waals surface area (Å²) in [5, 5.41) is 9.71. The molecule has 0 fully saturated rings. The number of benzene rings is 1. The van der Waals surface area contributed by atoms with Crippen molar-refractivity contribution in [2.24, 2.45) is 0 Å². The zero-order valence-electron chi connectivity index (χ0n) is 9.19. The Kier molecular flexibility index (Phi) is 3.00. The van der Waals surface area contributed by atoms with Gasteiger partial charge in [0.15, 0.2) is 17.4 Å². The van der Waals surface area contributed by atoms with Gasteiger partial charge in [-0.15, -0.1) is 0 Å². The molecule has 1 aromatic carbocycles. The molecule has 0 saturated heterocycles. The van der Waals surface area contributed by atoms with Crippen molar-refractivity contribution in [3.63, 3.8) is 0 Å². The van der Waals surface area contributed by atoms with Crippen LogP contribution in [0.3, 0.4) is 0 Å². The van der Waals surface area contributed by atoms with Crippen molar-refractivity contribution >= 4 is 0 Å². The molecule has 4 heteroatoms. The van der Waals surface area contributed by atoms with Crippen molar-refractivity contribution < 1.29 is 18.6 Å². The van der Waals surface area contributed by atoms with Gasteiger partial charge in [0.25, 0.3) is 0 Å². The normalized spacial score (nSPS) is 11.7. The molecule has 1 aromatic rings. The van der Waals surface area contributed by atoms with E-state index in [9.17, 15) is 13.9 Å². The molecule has 15 heavy (non-hydrogen) atoms.